The molecule has 0 bridgehead atoms. The normalized spacial score (nSPS) is 13.2. The lowest BCUT2D eigenvalue weighted by atomic mass is 9.88. The third-order valence-corrected chi connectivity index (χ3v) is 6.88. The first-order chi connectivity index (χ1) is 16.5. The minimum atomic E-state index is -4.11. The van der Waals surface area contributed by atoms with Gasteiger partial charge >= 0.3 is 5.97 Å². The molecule has 2 aromatic carbocycles. The van der Waals surface area contributed by atoms with Gasteiger partial charge < -0.3 is 10.00 Å². The van der Waals surface area contributed by atoms with Gasteiger partial charge in [0.15, 0.2) is 5.78 Å². The van der Waals surface area contributed by atoms with E-state index >= 15 is 0 Å². The van der Waals surface area contributed by atoms with Gasteiger partial charge in [0.05, 0.1) is 17.5 Å². The summed E-state index contributed by atoms with van der Waals surface area (Å²) in [7, 11) is -4.11. The van der Waals surface area contributed by atoms with Crippen molar-refractivity contribution in [2.45, 2.75) is 33.1 Å². The highest BCUT2D eigenvalue weighted by Gasteiger charge is 2.24. The number of Topliss-reactive ketones (excluding diaryl/α,β-unsaturated/α-hetero) is 1. The molecule has 0 spiro atoms. The van der Waals surface area contributed by atoms with Gasteiger partial charge in [-0.25, -0.2) is 4.39 Å². The zero-order chi connectivity index (χ0) is 25.8. The fraction of sp³-hybridized carbons (Fsp3) is 0.222. The summed E-state index contributed by atoms with van der Waals surface area (Å²) in [5.74, 6) is -1.57. The number of carboxylic acids is 1. The second-order valence-electron chi connectivity index (χ2n) is 8.63. The number of carbonyl (C=O) groups excluding carboxylic acids is 1. The minimum absolute atomic E-state index is 0.0661. The first-order valence-electron chi connectivity index (χ1n) is 11.1. The van der Waals surface area contributed by atoms with Crippen molar-refractivity contribution in [1.29, 1.82) is 0 Å². The average Bonchev–Trinajstić information content (AvgIpc) is 2.78. The Kier molecular flexibility index (Phi) is 8.15. The lowest BCUT2D eigenvalue weighted by molar-refractivity contribution is -0.139. The highest BCUT2D eigenvalue weighted by atomic mass is 31.2. The molecule has 3 aromatic rings. The van der Waals surface area contributed by atoms with E-state index in [0.29, 0.717) is 16.8 Å². The van der Waals surface area contributed by atoms with Crippen molar-refractivity contribution in [2.24, 2.45) is 0 Å². The molecular formula is C27H27FNO5P. The first-order valence-corrected chi connectivity index (χ1v) is 13.0. The summed E-state index contributed by atoms with van der Waals surface area (Å²) < 4.78 is 26.4. The fourth-order valence-corrected chi connectivity index (χ4v) is 5.01. The monoisotopic (exact) mass is 495 g/mol. The Morgan fingerprint density at radius 1 is 1.06 bits per heavy atom. The SMILES string of the molecule is Cc1c(-c2ccccc2)nc(C(C)C)c(C=CP(=O)(O)CC(=O)CC(=O)O)c1-c1ccc(F)cc1. The van der Waals surface area contributed by atoms with Crippen LogP contribution in [0.1, 0.15) is 43.0 Å². The third kappa shape index (κ3) is 6.59. The van der Waals surface area contributed by atoms with Crippen LogP contribution in [-0.4, -0.2) is 32.9 Å². The molecule has 1 heterocycles. The van der Waals surface area contributed by atoms with Crippen molar-refractivity contribution in [3.05, 3.63) is 83.1 Å². The average molecular weight is 495 g/mol. The van der Waals surface area contributed by atoms with Crippen molar-refractivity contribution in [1.82, 2.24) is 4.98 Å². The van der Waals surface area contributed by atoms with Gasteiger partial charge in [-0.2, -0.15) is 0 Å². The van der Waals surface area contributed by atoms with Crippen LogP contribution in [0.2, 0.25) is 0 Å². The summed E-state index contributed by atoms with van der Waals surface area (Å²) in [5, 5.41) is 8.77. The Morgan fingerprint density at radius 2 is 1.69 bits per heavy atom. The molecule has 3 rings (SSSR count). The molecule has 2 N–H and O–H groups in total. The maximum Gasteiger partial charge on any atom is 0.310 e. The molecule has 8 heteroatoms. The Morgan fingerprint density at radius 3 is 2.26 bits per heavy atom. The van der Waals surface area contributed by atoms with E-state index in [1.54, 1.807) is 12.1 Å². The third-order valence-electron chi connectivity index (χ3n) is 5.46. The lowest BCUT2D eigenvalue weighted by Gasteiger charge is -2.21. The molecule has 0 aliphatic rings. The van der Waals surface area contributed by atoms with Crippen LogP contribution >= 0.6 is 7.37 Å². The number of aromatic nitrogens is 1. The van der Waals surface area contributed by atoms with Gasteiger partial charge in [-0.05, 0) is 47.7 Å². The number of ketones is 1. The van der Waals surface area contributed by atoms with Gasteiger partial charge in [-0.3, -0.25) is 19.1 Å². The van der Waals surface area contributed by atoms with Crippen molar-refractivity contribution in [3.8, 4) is 22.4 Å². The van der Waals surface area contributed by atoms with E-state index in [4.69, 9.17) is 10.1 Å². The largest absolute Gasteiger partial charge is 0.481 e. The predicted molar refractivity (Wildman–Crippen MR) is 135 cm³/mol. The quantitative estimate of drug-likeness (QED) is 0.268. The van der Waals surface area contributed by atoms with Gasteiger partial charge in [0.2, 0.25) is 7.37 Å². The van der Waals surface area contributed by atoms with Crippen LogP contribution in [0.3, 0.4) is 0 Å². The van der Waals surface area contributed by atoms with Crippen LogP contribution in [0.5, 0.6) is 0 Å². The standard InChI is InChI=1S/C27H27FNO5P/c1-17(2)26-23(13-14-35(33,34)16-22(30)15-24(31)32)25(19-9-11-21(28)12-10-19)18(3)27(29-26)20-7-5-4-6-8-20/h4-14,17H,15-16H2,1-3H3,(H,31,32)(H,33,34). The van der Waals surface area contributed by atoms with Crippen molar-refractivity contribution in [3.63, 3.8) is 0 Å². The first kappa shape index (κ1) is 26.2. The van der Waals surface area contributed by atoms with Crippen molar-refractivity contribution < 1.29 is 28.5 Å². The Balaban J connectivity index is 2.22. The predicted octanol–water partition coefficient (Wildman–Crippen LogP) is 6.27. The molecule has 0 aliphatic heterocycles. The second kappa shape index (κ2) is 10.9. The molecule has 182 valence electrons. The number of carboxylic acid groups (broad SMARTS) is 1. The van der Waals surface area contributed by atoms with E-state index in [0.717, 1.165) is 28.2 Å². The number of carbonyl (C=O) groups is 2. The van der Waals surface area contributed by atoms with Crippen LogP contribution < -0.4 is 0 Å². The number of pyridine rings is 1. The summed E-state index contributed by atoms with van der Waals surface area (Å²) in [6.45, 7) is 5.80. The van der Waals surface area contributed by atoms with E-state index in [-0.39, 0.29) is 11.7 Å². The molecule has 0 fully saturated rings. The maximum absolute atomic E-state index is 13.7. The maximum atomic E-state index is 13.7. The molecule has 0 saturated carbocycles. The number of halogens is 1. The Hall–Kier alpha value is -3.41. The number of hydrogen-bond acceptors (Lipinski definition) is 4. The zero-order valence-electron chi connectivity index (χ0n) is 19.7. The van der Waals surface area contributed by atoms with E-state index in [1.807, 2.05) is 51.1 Å². The molecule has 1 aromatic heterocycles. The molecule has 6 nitrogen and oxygen atoms in total. The van der Waals surface area contributed by atoms with E-state index in [1.165, 1.54) is 18.2 Å². The Bertz CT molecular complexity index is 1320. The number of hydrogen-bond donors (Lipinski definition) is 2. The minimum Gasteiger partial charge on any atom is -0.481 e. The van der Waals surface area contributed by atoms with Crippen LogP contribution in [0.15, 0.2) is 60.4 Å². The van der Waals surface area contributed by atoms with E-state index in [9.17, 15) is 23.4 Å². The molecule has 0 saturated heterocycles. The summed E-state index contributed by atoms with van der Waals surface area (Å²) in [6, 6.07) is 15.6. The summed E-state index contributed by atoms with van der Waals surface area (Å²) in [5.41, 5.74) is 5.15. The second-order valence-corrected chi connectivity index (χ2v) is 10.8. The fourth-order valence-electron chi connectivity index (χ4n) is 3.91. The molecule has 35 heavy (non-hydrogen) atoms. The molecular weight excluding hydrogens is 468 g/mol. The number of nitrogens with zero attached hydrogens (tertiary/aromatic N) is 1. The highest BCUT2D eigenvalue weighted by Crippen LogP contribution is 2.45. The Labute approximate surface area is 203 Å². The number of rotatable bonds is 9. The lowest BCUT2D eigenvalue weighted by Crippen LogP contribution is -2.10. The van der Waals surface area contributed by atoms with E-state index in [2.05, 4.69) is 0 Å². The van der Waals surface area contributed by atoms with Crippen LogP contribution in [0.4, 0.5) is 4.39 Å². The molecule has 1 atom stereocenters. The summed E-state index contributed by atoms with van der Waals surface area (Å²) in [6.07, 6.45) is -0.117. The van der Waals surface area contributed by atoms with Crippen LogP contribution in [0.25, 0.3) is 28.5 Å². The van der Waals surface area contributed by atoms with Crippen molar-refractivity contribution in [2.75, 3.05) is 6.16 Å². The van der Waals surface area contributed by atoms with Gasteiger partial charge in [0.1, 0.15) is 12.2 Å². The molecule has 0 aliphatic carbocycles. The summed E-state index contributed by atoms with van der Waals surface area (Å²) in [4.78, 5) is 37.9. The molecule has 0 radical (unpaired) electrons. The van der Waals surface area contributed by atoms with Crippen LogP contribution in [-0.2, 0) is 14.2 Å². The van der Waals surface area contributed by atoms with Crippen molar-refractivity contribution >= 4 is 25.2 Å². The number of benzene rings is 2. The van der Waals surface area contributed by atoms with Gasteiger partial charge in [-0.15, -0.1) is 0 Å². The van der Waals surface area contributed by atoms with Gasteiger partial charge in [0, 0.05) is 16.9 Å². The van der Waals surface area contributed by atoms with Crippen LogP contribution in [0, 0.1) is 12.7 Å². The molecule has 0 amide bonds. The molecule has 1 unspecified atom stereocenters. The highest BCUT2D eigenvalue weighted by molar-refractivity contribution is 7.62. The van der Waals surface area contributed by atoms with Gasteiger partial charge in [-0.1, -0.05) is 56.3 Å². The zero-order valence-corrected chi connectivity index (χ0v) is 20.6. The smallest absolute Gasteiger partial charge is 0.310 e. The number of aliphatic carboxylic acids is 1. The topological polar surface area (TPSA) is 105 Å². The van der Waals surface area contributed by atoms with E-state index < -0.39 is 31.7 Å². The summed E-state index contributed by atoms with van der Waals surface area (Å²) >= 11 is 0. The van der Waals surface area contributed by atoms with Gasteiger partial charge in [0.25, 0.3) is 0 Å².